The first-order chi connectivity index (χ1) is 13.5. The fraction of sp³-hybridized carbons (Fsp3) is 0.316. The molecule has 0 fully saturated rings. The van der Waals surface area contributed by atoms with Crippen molar-refractivity contribution >= 4 is 21.6 Å². The second-order valence-corrected chi connectivity index (χ2v) is 8.18. The lowest BCUT2D eigenvalue weighted by Crippen LogP contribution is -2.44. The number of sulfonamides is 1. The third kappa shape index (κ3) is 5.03. The molecule has 2 aromatic rings. The van der Waals surface area contributed by atoms with Crippen molar-refractivity contribution in [3.63, 3.8) is 0 Å². The molecule has 0 saturated carbocycles. The van der Waals surface area contributed by atoms with E-state index in [2.05, 4.69) is 4.72 Å². The largest absolute Gasteiger partial charge is 0.489 e. The van der Waals surface area contributed by atoms with E-state index in [-0.39, 0.29) is 35.9 Å². The van der Waals surface area contributed by atoms with Crippen LogP contribution >= 0.6 is 0 Å². The molecule has 30 heavy (non-hydrogen) atoms. The number of fused-ring (bicyclic) bond motifs is 4. The van der Waals surface area contributed by atoms with Gasteiger partial charge < -0.3 is 15.2 Å². The number of aliphatic hydroxyl groups is 1. The summed E-state index contributed by atoms with van der Waals surface area (Å²) in [5, 5.41) is 12.1. The number of alkyl halides is 3. The van der Waals surface area contributed by atoms with Gasteiger partial charge in [-0.05, 0) is 30.7 Å². The molecule has 164 valence electrons. The number of amides is 1. The molecule has 3 N–H and O–H groups in total. The quantitative estimate of drug-likeness (QED) is 0.672. The van der Waals surface area contributed by atoms with Crippen LogP contribution in [0, 0.1) is 0 Å². The zero-order valence-electron chi connectivity index (χ0n) is 15.0. The number of anilines is 1. The average molecular weight is 446 g/mol. The van der Waals surface area contributed by atoms with Crippen LogP contribution in [0.3, 0.4) is 0 Å². The summed E-state index contributed by atoms with van der Waals surface area (Å²) < 4.78 is 70.7. The first-order valence-corrected chi connectivity index (χ1v) is 9.90. The van der Waals surface area contributed by atoms with E-state index in [1.807, 2.05) is 0 Å². The molecule has 0 aromatic heterocycles. The van der Waals surface area contributed by atoms with Crippen molar-refractivity contribution in [1.29, 1.82) is 0 Å². The molecule has 0 saturated heterocycles. The van der Waals surface area contributed by atoms with Crippen LogP contribution in [0.15, 0.2) is 47.4 Å². The first-order valence-electron chi connectivity index (χ1n) is 8.41. The predicted molar refractivity (Wildman–Crippen MR) is 103 cm³/mol. The molecule has 2 aromatic carbocycles. The number of rotatable bonds is 3. The van der Waals surface area contributed by atoms with Gasteiger partial charge in [0.05, 0.1) is 16.6 Å². The number of halogens is 3. The Labute approximate surface area is 171 Å². The Morgan fingerprint density at radius 3 is 2.60 bits per heavy atom. The molecule has 3 rings (SSSR count). The standard InChI is InChI=1S/C18H17F3N2O5S.CH4/c1-10(22-17(25)18(19,20)21)16(24)14-6-5-12-8-15(14)23-29(26,27)13-4-2-3-11(7-13)9-28-12;/h2-8,10,16,23-24H,9H2,1H3,(H,22,25);1H4/t10-,16-;/m0./s1. The summed E-state index contributed by atoms with van der Waals surface area (Å²) in [5.41, 5.74) is 0.534. The maximum absolute atomic E-state index is 12.7. The summed E-state index contributed by atoms with van der Waals surface area (Å²) in [7, 11) is -4.03. The van der Waals surface area contributed by atoms with E-state index in [1.165, 1.54) is 37.3 Å². The number of ether oxygens (including phenoxy) is 1. The van der Waals surface area contributed by atoms with E-state index in [9.17, 15) is 31.5 Å². The smallest absolute Gasteiger partial charge is 0.471 e. The number of hydrogen-bond donors (Lipinski definition) is 3. The monoisotopic (exact) mass is 446 g/mol. The zero-order valence-corrected chi connectivity index (χ0v) is 15.8. The van der Waals surface area contributed by atoms with E-state index in [0.29, 0.717) is 5.56 Å². The molecule has 0 radical (unpaired) electrons. The molecule has 1 amide bonds. The second kappa shape index (κ2) is 8.52. The van der Waals surface area contributed by atoms with Gasteiger partial charge in [0.15, 0.2) is 0 Å². The lowest BCUT2D eigenvalue weighted by molar-refractivity contribution is -0.175. The van der Waals surface area contributed by atoms with Gasteiger partial charge in [-0.3, -0.25) is 9.52 Å². The minimum atomic E-state index is -5.11. The topological polar surface area (TPSA) is 105 Å². The van der Waals surface area contributed by atoms with Crippen LogP contribution in [-0.4, -0.2) is 31.6 Å². The third-order valence-electron chi connectivity index (χ3n) is 4.29. The molecule has 0 spiro atoms. The number of benzene rings is 2. The molecule has 1 aliphatic rings. The Bertz CT molecular complexity index is 1040. The Morgan fingerprint density at radius 1 is 1.23 bits per heavy atom. The summed E-state index contributed by atoms with van der Waals surface area (Å²) in [6.07, 6.45) is -6.74. The number of hydrogen-bond acceptors (Lipinski definition) is 5. The van der Waals surface area contributed by atoms with Gasteiger partial charge in [0, 0.05) is 11.6 Å². The van der Waals surface area contributed by atoms with Gasteiger partial charge in [0.25, 0.3) is 10.0 Å². The molecule has 1 aliphatic heterocycles. The van der Waals surface area contributed by atoms with Gasteiger partial charge in [-0.25, -0.2) is 8.42 Å². The minimum absolute atomic E-state index is 0. The summed E-state index contributed by atoms with van der Waals surface area (Å²) in [6, 6.07) is 8.79. The number of carbonyl (C=O) groups is 1. The van der Waals surface area contributed by atoms with Crippen LogP contribution in [0.1, 0.15) is 31.6 Å². The number of aliphatic hydroxyl groups excluding tert-OH is 1. The highest BCUT2D eigenvalue weighted by molar-refractivity contribution is 7.92. The predicted octanol–water partition coefficient (Wildman–Crippen LogP) is 3.12. The van der Waals surface area contributed by atoms with Crippen LogP contribution in [0.4, 0.5) is 18.9 Å². The second-order valence-electron chi connectivity index (χ2n) is 6.50. The van der Waals surface area contributed by atoms with Gasteiger partial charge in [0.2, 0.25) is 0 Å². The average Bonchev–Trinajstić information content (AvgIpc) is 2.64. The molecule has 0 aliphatic carbocycles. The van der Waals surface area contributed by atoms with Crippen LogP contribution in [0.2, 0.25) is 0 Å². The van der Waals surface area contributed by atoms with Crippen LogP contribution < -0.4 is 14.8 Å². The maximum atomic E-state index is 12.7. The van der Waals surface area contributed by atoms with E-state index >= 15 is 0 Å². The lowest BCUT2D eigenvalue weighted by atomic mass is 10.0. The SMILES string of the molecule is C.C[C@H](NC(=O)C(F)(F)F)[C@H](O)c1ccc2cc1NS(=O)(=O)c1cccc(c1)CO2. The summed E-state index contributed by atoms with van der Waals surface area (Å²) in [5.74, 6) is -1.92. The first kappa shape index (κ1) is 23.5. The van der Waals surface area contributed by atoms with Crippen LogP contribution in [0.25, 0.3) is 0 Å². The maximum Gasteiger partial charge on any atom is 0.471 e. The van der Waals surface area contributed by atoms with E-state index in [4.69, 9.17) is 4.74 Å². The number of carbonyl (C=O) groups excluding carboxylic acids is 1. The molecule has 4 bridgehead atoms. The third-order valence-corrected chi connectivity index (χ3v) is 5.65. The molecule has 11 heteroatoms. The van der Waals surface area contributed by atoms with E-state index in [1.54, 1.807) is 17.4 Å². The van der Waals surface area contributed by atoms with E-state index < -0.39 is 34.3 Å². The molecule has 2 atom stereocenters. The van der Waals surface area contributed by atoms with Crippen molar-refractivity contribution in [3.05, 3.63) is 53.6 Å². The summed E-state index contributed by atoms with van der Waals surface area (Å²) in [4.78, 5) is 11.1. The molecule has 0 unspecified atom stereocenters. The highest BCUT2D eigenvalue weighted by Gasteiger charge is 2.40. The number of nitrogens with one attached hydrogen (secondary N) is 2. The summed E-state index contributed by atoms with van der Waals surface area (Å²) >= 11 is 0. The molecular weight excluding hydrogens is 425 g/mol. The Morgan fingerprint density at radius 2 is 1.93 bits per heavy atom. The zero-order chi connectivity index (χ0) is 21.4. The van der Waals surface area contributed by atoms with Crippen molar-refractivity contribution < 1.29 is 36.2 Å². The highest BCUT2D eigenvalue weighted by atomic mass is 32.2. The highest BCUT2D eigenvalue weighted by Crippen LogP contribution is 2.33. The fourth-order valence-electron chi connectivity index (χ4n) is 2.78. The Hall–Kier alpha value is -2.79. The van der Waals surface area contributed by atoms with E-state index in [0.717, 1.165) is 0 Å². The Kier molecular flexibility index (Phi) is 6.67. The van der Waals surface area contributed by atoms with Gasteiger partial charge >= 0.3 is 12.1 Å². The minimum Gasteiger partial charge on any atom is -0.489 e. The molecule has 7 nitrogen and oxygen atoms in total. The van der Waals surface area contributed by atoms with Gasteiger partial charge in [0.1, 0.15) is 18.5 Å². The van der Waals surface area contributed by atoms with Gasteiger partial charge in [-0.15, -0.1) is 0 Å². The van der Waals surface area contributed by atoms with Crippen molar-refractivity contribution in [2.24, 2.45) is 0 Å². The van der Waals surface area contributed by atoms with Crippen LogP contribution in [-0.2, 0) is 21.4 Å². The molecular formula is C19H21F3N2O5S. The van der Waals surface area contributed by atoms with Crippen LogP contribution in [0.5, 0.6) is 5.75 Å². The lowest BCUT2D eigenvalue weighted by Gasteiger charge is -2.24. The van der Waals surface area contributed by atoms with Gasteiger partial charge in [-0.2, -0.15) is 13.2 Å². The normalized spacial score (nSPS) is 16.7. The fourth-order valence-corrected chi connectivity index (χ4v) is 3.93. The molecule has 1 heterocycles. The van der Waals surface area contributed by atoms with Crippen molar-refractivity contribution in [1.82, 2.24) is 5.32 Å². The van der Waals surface area contributed by atoms with Crippen molar-refractivity contribution in [3.8, 4) is 5.75 Å². The van der Waals surface area contributed by atoms with Gasteiger partial charge in [-0.1, -0.05) is 25.6 Å². The van der Waals surface area contributed by atoms with Crippen molar-refractivity contribution in [2.45, 2.75) is 44.2 Å². The summed E-state index contributed by atoms with van der Waals surface area (Å²) in [6.45, 7) is 1.27. The van der Waals surface area contributed by atoms with Crippen molar-refractivity contribution in [2.75, 3.05) is 4.72 Å². The Balaban J connectivity index is 0.00000320.